The van der Waals surface area contributed by atoms with Crippen molar-refractivity contribution in [1.29, 1.82) is 10.5 Å². The molecule has 2 aromatic rings. The van der Waals surface area contributed by atoms with Gasteiger partial charge in [-0.1, -0.05) is 12.1 Å². The molecule has 3 heterocycles. The molecular weight excluding hydrogens is 318 g/mol. The molecule has 1 N–H and O–H groups in total. The molecular formula is C18H13N5O2. The van der Waals surface area contributed by atoms with Crippen molar-refractivity contribution in [2.75, 3.05) is 18.0 Å². The third kappa shape index (κ3) is 2.30. The lowest BCUT2D eigenvalue weighted by molar-refractivity contribution is -0.133. The van der Waals surface area contributed by atoms with E-state index >= 15 is 0 Å². The van der Waals surface area contributed by atoms with Crippen LogP contribution in [0.25, 0.3) is 11.1 Å². The van der Waals surface area contributed by atoms with Crippen LogP contribution in [0, 0.1) is 22.8 Å². The number of benzene rings is 1. The first-order valence-corrected chi connectivity index (χ1v) is 7.81. The number of hydrogen-bond acceptors (Lipinski definition) is 6. The van der Waals surface area contributed by atoms with Crippen molar-refractivity contribution in [3.8, 4) is 29.3 Å². The van der Waals surface area contributed by atoms with Gasteiger partial charge >= 0.3 is 0 Å². The maximum atomic E-state index is 12.8. The first-order chi connectivity index (χ1) is 12.2. The molecule has 7 nitrogen and oxygen atoms in total. The van der Waals surface area contributed by atoms with Crippen molar-refractivity contribution in [1.82, 2.24) is 10.3 Å². The van der Waals surface area contributed by atoms with E-state index in [1.165, 1.54) is 0 Å². The Hall–Kier alpha value is -3.42. The molecule has 1 aromatic carbocycles. The Morgan fingerprint density at radius 2 is 2.16 bits per heavy atom. The number of nitriles is 2. The van der Waals surface area contributed by atoms with E-state index in [0.717, 1.165) is 10.5 Å². The zero-order valence-electron chi connectivity index (χ0n) is 13.2. The number of amides is 1. The number of carbonyl (C=O) groups excluding carboxylic acids is 1. The zero-order valence-corrected chi connectivity index (χ0v) is 13.2. The smallest absolute Gasteiger partial charge is 0.286 e. The van der Waals surface area contributed by atoms with Crippen molar-refractivity contribution in [3.63, 3.8) is 0 Å². The molecule has 4 rings (SSSR count). The first-order valence-electron chi connectivity index (χ1n) is 7.81. The predicted octanol–water partition coefficient (Wildman–Crippen LogP) is 1.56. The quantitative estimate of drug-likeness (QED) is 0.796. The molecule has 7 heteroatoms. The summed E-state index contributed by atoms with van der Waals surface area (Å²) in [6.07, 6.45) is 4.06. The molecule has 2 aliphatic rings. The van der Waals surface area contributed by atoms with Crippen LogP contribution in [0.4, 0.5) is 5.69 Å². The highest BCUT2D eigenvalue weighted by atomic mass is 16.5. The highest BCUT2D eigenvalue weighted by Crippen LogP contribution is 2.40. The second kappa shape index (κ2) is 5.59. The summed E-state index contributed by atoms with van der Waals surface area (Å²) in [7, 11) is 0. The lowest BCUT2D eigenvalue weighted by atomic mass is 9.98. The fraction of sp³-hybridized carbons (Fsp3) is 0.222. The largest absolute Gasteiger partial charge is 0.458 e. The number of nitrogens with one attached hydrogen (secondary N) is 1. The number of ether oxygens (including phenoxy) is 1. The molecule has 0 aliphatic carbocycles. The standard InChI is InChI=1S/C18H13N5O2/c19-8-12-2-1-3-13(6-12)14-7-15-16(22-9-14)25-18(4-5-21-10-18)17(24)23(15)11-20/h1-3,6-7,9,21H,4-5,10H2. The van der Waals surface area contributed by atoms with Crippen molar-refractivity contribution in [2.24, 2.45) is 0 Å². The summed E-state index contributed by atoms with van der Waals surface area (Å²) < 4.78 is 5.89. The van der Waals surface area contributed by atoms with Gasteiger partial charge in [-0.2, -0.15) is 10.5 Å². The SMILES string of the molecule is N#Cc1cccc(-c2cnc3c(c2)N(C#N)C(=O)C2(CCNC2)O3)c1. The lowest BCUT2D eigenvalue weighted by Crippen LogP contribution is -2.56. The second-order valence-electron chi connectivity index (χ2n) is 6.00. The van der Waals surface area contributed by atoms with Gasteiger partial charge in [0, 0.05) is 24.7 Å². The summed E-state index contributed by atoms with van der Waals surface area (Å²) in [5, 5.41) is 21.6. The summed E-state index contributed by atoms with van der Waals surface area (Å²) in [4.78, 5) is 18.1. The summed E-state index contributed by atoms with van der Waals surface area (Å²) in [5.74, 6) is -0.109. The lowest BCUT2D eigenvalue weighted by Gasteiger charge is -2.36. The van der Waals surface area contributed by atoms with Crippen LogP contribution < -0.4 is 15.0 Å². The van der Waals surface area contributed by atoms with Crippen LogP contribution in [0.2, 0.25) is 0 Å². The van der Waals surface area contributed by atoms with E-state index in [0.29, 0.717) is 36.3 Å². The third-order valence-corrected chi connectivity index (χ3v) is 4.50. The Balaban J connectivity index is 1.80. The maximum Gasteiger partial charge on any atom is 0.286 e. The van der Waals surface area contributed by atoms with Crippen LogP contribution in [-0.2, 0) is 4.79 Å². The van der Waals surface area contributed by atoms with Gasteiger partial charge in [0.05, 0.1) is 11.6 Å². The minimum Gasteiger partial charge on any atom is -0.458 e. The molecule has 2 aliphatic heterocycles. The molecule has 0 bridgehead atoms. The summed E-state index contributed by atoms with van der Waals surface area (Å²) in [6.45, 7) is 1.01. The number of pyridine rings is 1. The first kappa shape index (κ1) is 15.1. The number of carbonyl (C=O) groups is 1. The van der Waals surface area contributed by atoms with Crippen LogP contribution in [0.1, 0.15) is 12.0 Å². The Morgan fingerprint density at radius 3 is 2.88 bits per heavy atom. The minimum absolute atomic E-state index is 0.269. The van der Waals surface area contributed by atoms with Gasteiger partial charge < -0.3 is 10.1 Å². The zero-order chi connectivity index (χ0) is 17.4. The topological polar surface area (TPSA) is 102 Å². The van der Waals surface area contributed by atoms with Crippen LogP contribution >= 0.6 is 0 Å². The molecule has 0 saturated carbocycles. The van der Waals surface area contributed by atoms with E-state index in [4.69, 9.17) is 10.00 Å². The summed E-state index contributed by atoms with van der Waals surface area (Å²) in [5.41, 5.74) is 1.27. The van der Waals surface area contributed by atoms with Gasteiger partial charge in [-0.25, -0.2) is 9.88 Å². The number of fused-ring (bicyclic) bond motifs is 1. The molecule has 122 valence electrons. The molecule has 1 atom stereocenters. The fourth-order valence-electron chi connectivity index (χ4n) is 3.19. The van der Waals surface area contributed by atoms with Crippen LogP contribution in [-0.4, -0.2) is 29.6 Å². The molecule has 1 aromatic heterocycles. The van der Waals surface area contributed by atoms with Gasteiger partial charge in [0.1, 0.15) is 5.69 Å². The van der Waals surface area contributed by atoms with Crippen molar-refractivity contribution in [2.45, 2.75) is 12.0 Å². The monoisotopic (exact) mass is 331 g/mol. The molecule has 25 heavy (non-hydrogen) atoms. The van der Waals surface area contributed by atoms with E-state index in [-0.39, 0.29) is 11.8 Å². The normalized spacial score (nSPS) is 21.4. The van der Waals surface area contributed by atoms with Crippen molar-refractivity contribution >= 4 is 11.6 Å². The second-order valence-corrected chi connectivity index (χ2v) is 6.00. The van der Waals surface area contributed by atoms with Crippen molar-refractivity contribution in [3.05, 3.63) is 42.1 Å². The van der Waals surface area contributed by atoms with E-state index in [1.807, 2.05) is 12.3 Å². The number of rotatable bonds is 1. The van der Waals surface area contributed by atoms with E-state index in [1.54, 1.807) is 30.5 Å². The minimum atomic E-state index is -1.06. The predicted molar refractivity (Wildman–Crippen MR) is 88.3 cm³/mol. The number of hydrogen-bond donors (Lipinski definition) is 1. The summed E-state index contributed by atoms with van der Waals surface area (Å²) in [6, 6.07) is 10.8. The Kier molecular flexibility index (Phi) is 3.38. The average molecular weight is 331 g/mol. The number of nitrogens with zero attached hydrogens (tertiary/aromatic N) is 4. The van der Waals surface area contributed by atoms with Gasteiger partial charge in [-0.3, -0.25) is 4.79 Å². The van der Waals surface area contributed by atoms with Gasteiger partial charge in [0.25, 0.3) is 5.91 Å². The Labute approximate surface area is 144 Å². The summed E-state index contributed by atoms with van der Waals surface area (Å²) >= 11 is 0. The average Bonchev–Trinajstić information content (AvgIpc) is 3.12. The van der Waals surface area contributed by atoms with E-state index in [9.17, 15) is 10.1 Å². The number of aromatic nitrogens is 1. The third-order valence-electron chi connectivity index (χ3n) is 4.50. The van der Waals surface area contributed by atoms with Gasteiger partial charge in [0.2, 0.25) is 11.5 Å². The molecule has 1 unspecified atom stereocenters. The Bertz CT molecular complexity index is 951. The maximum absolute atomic E-state index is 12.8. The number of anilines is 1. The van der Waals surface area contributed by atoms with Crippen LogP contribution in [0.15, 0.2) is 36.5 Å². The fourth-order valence-corrected chi connectivity index (χ4v) is 3.19. The van der Waals surface area contributed by atoms with Gasteiger partial charge in [-0.05, 0) is 30.3 Å². The van der Waals surface area contributed by atoms with E-state index in [2.05, 4.69) is 16.4 Å². The molecule has 1 spiro atoms. The highest BCUT2D eigenvalue weighted by molar-refractivity contribution is 6.05. The van der Waals surface area contributed by atoms with Gasteiger partial charge in [-0.15, -0.1) is 0 Å². The van der Waals surface area contributed by atoms with Crippen LogP contribution in [0.3, 0.4) is 0 Å². The molecule has 1 saturated heterocycles. The van der Waals surface area contributed by atoms with Gasteiger partial charge in [0.15, 0.2) is 6.19 Å². The van der Waals surface area contributed by atoms with E-state index < -0.39 is 5.60 Å². The Morgan fingerprint density at radius 1 is 1.28 bits per heavy atom. The highest BCUT2D eigenvalue weighted by Gasteiger charge is 2.51. The molecule has 0 radical (unpaired) electrons. The van der Waals surface area contributed by atoms with Crippen LogP contribution in [0.5, 0.6) is 5.88 Å². The van der Waals surface area contributed by atoms with Crippen molar-refractivity contribution < 1.29 is 9.53 Å². The molecule has 1 amide bonds. The molecule has 1 fully saturated rings.